The monoisotopic (exact) mass is 262 g/mol. The predicted octanol–water partition coefficient (Wildman–Crippen LogP) is -0.650. The van der Waals surface area contributed by atoms with Crippen LogP contribution >= 0.6 is 0 Å². The molecule has 7 nitrogen and oxygen atoms in total. The van der Waals surface area contributed by atoms with E-state index in [1.807, 2.05) is 0 Å². The number of hydrogen-bond donors (Lipinski definition) is 3. The third kappa shape index (κ3) is 3.15. The quantitative estimate of drug-likeness (QED) is 0.665. The van der Waals surface area contributed by atoms with Crippen molar-refractivity contribution >= 4 is 5.91 Å². The lowest BCUT2D eigenvalue weighted by atomic mass is 10.2. The van der Waals surface area contributed by atoms with Gasteiger partial charge >= 0.3 is 0 Å². The number of nitrogens with zero attached hydrogens (tertiary/aromatic N) is 3. The van der Waals surface area contributed by atoms with E-state index < -0.39 is 11.9 Å². The maximum Gasteiger partial charge on any atom is 0.253 e. The zero-order valence-electron chi connectivity index (χ0n) is 10.1. The molecule has 1 amide bonds. The van der Waals surface area contributed by atoms with Crippen LogP contribution in [0.5, 0.6) is 0 Å². The molecule has 0 bridgehead atoms. The Balaban J connectivity index is 2.08. The lowest BCUT2D eigenvalue weighted by Crippen LogP contribution is -2.40. The third-order valence-corrected chi connectivity index (χ3v) is 2.55. The number of aromatic nitrogens is 3. The van der Waals surface area contributed by atoms with Gasteiger partial charge in [-0.2, -0.15) is 0 Å². The zero-order valence-corrected chi connectivity index (χ0v) is 10.1. The van der Waals surface area contributed by atoms with Gasteiger partial charge < -0.3 is 15.5 Å². The highest BCUT2D eigenvalue weighted by molar-refractivity contribution is 5.94. The fourth-order valence-electron chi connectivity index (χ4n) is 1.49. The van der Waals surface area contributed by atoms with Gasteiger partial charge in [0.1, 0.15) is 12.1 Å². The van der Waals surface area contributed by atoms with Crippen LogP contribution in [0.4, 0.5) is 0 Å². The molecule has 0 radical (unpaired) electrons. The number of aliphatic hydroxyl groups is 2. The highest BCUT2D eigenvalue weighted by Gasteiger charge is 2.12. The Bertz CT molecular complexity index is 520. The smallest absolute Gasteiger partial charge is 0.253 e. The molecule has 2 aromatic heterocycles. The molecule has 2 rings (SSSR count). The van der Waals surface area contributed by atoms with Crippen molar-refractivity contribution in [1.82, 2.24) is 19.9 Å². The minimum atomic E-state index is -0.666. The van der Waals surface area contributed by atoms with E-state index >= 15 is 0 Å². The van der Waals surface area contributed by atoms with Crippen LogP contribution in [0.1, 0.15) is 10.4 Å². The van der Waals surface area contributed by atoms with E-state index in [4.69, 9.17) is 10.2 Å². The zero-order chi connectivity index (χ0) is 13.7. The van der Waals surface area contributed by atoms with Gasteiger partial charge in [0, 0.05) is 18.6 Å². The summed E-state index contributed by atoms with van der Waals surface area (Å²) in [6, 6.07) is 2.63. The summed E-state index contributed by atoms with van der Waals surface area (Å²) in [6.07, 6.45) is 6.41. The van der Waals surface area contributed by atoms with Gasteiger partial charge in [-0.15, -0.1) is 0 Å². The lowest BCUT2D eigenvalue weighted by Gasteiger charge is -2.13. The number of imidazole rings is 1. The summed E-state index contributed by atoms with van der Waals surface area (Å²) in [7, 11) is 0. The highest BCUT2D eigenvalue weighted by Crippen LogP contribution is 2.05. The Labute approximate surface area is 109 Å². The van der Waals surface area contributed by atoms with E-state index in [1.165, 1.54) is 6.20 Å². The summed E-state index contributed by atoms with van der Waals surface area (Å²) < 4.78 is 1.71. The van der Waals surface area contributed by atoms with Crippen LogP contribution in [-0.4, -0.2) is 49.9 Å². The van der Waals surface area contributed by atoms with Crippen molar-refractivity contribution in [3.05, 3.63) is 42.6 Å². The molecule has 0 aliphatic carbocycles. The summed E-state index contributed by atoms with van der Waals surface area (Å²) in [5.41, 5.74) is 0.357. The van der Waals surface area contributed by atoms with Gasteiger partial charge in [0.15, 0.2) is 0 Å². The molecule has 0 spiro atoms. The van der Waals surface area contributed by atoms with Crippen LogP contribution < -0.4 is 5.32 Å². The number of aliphatic hydroxyl groups excluding tert-OH is 2. The van der Waals surface area contributed by atoms with Gasteiger partial charge in [0.2, 0.25) is 0 Å². The van der Waals surface area contributed by atoms with Crippen LogP contribution in [0, 0.1) is 0 Å². The van der Waals surface area contributed by atoms with Gasteiger partial charge in [-0.05, 0) is 12.1 Å². The van der Waals surface area contributed by atoms with Crippen molar-refractivity contribution < 1.29 is 15.0 Å². The van der Waals surface area contributed by atoms with E-state index in [1.54, 1.807) is 35.4 Å². The van der Waals surface area contributed by atoms with Gasteiger partial charge in [-0.3, -0.25) is 9.36 Å². The maximum atomic E-state index is 11.8. The molecule has 0 aliphatic rings. The molecule has 0 aromatic carbocycles. The van der Waals surface area contributed by atoms with Crippen molar-refractivity contribution in [3.63, 3.8) is 0 Å². The number of nitrogens with one attached hydrogen (secondary N) is 1. The molecule has 0 unspecified atom stereocenters. The van der Waals surface area contributed by atoms with E-state index in [0.29, 0.717) is 11.4 Å². The second-order valence-corrected chi connectivity index (χ2v) is 3.91. The predicted molar refractivity (Wildman–Crippen MR) is 66.8 cm³/mol. The minimum absolute atomic E-state index is 0.317. The molecule has 7 heteroatoms. The van der Waals surface area contributed by atoms with Crippen molar-refractivity contribution in [2.75, 3.05) is 13.2 Å². The Hall–Kier alpha value is -2.25. The summed E-state index contributed by atoms with van der Waals surface area (Å²) in [4.78, 5) is 19.8. The first-order valence-electron chi connectivity index (χ1n) is 5.71. The number of hydrogen-bond acceptors (Lipinski definition) is 5. The van der Waals surface area contributed by atoms with Gasteiger partial charge in [-0.25, -0.2) is 9.97 Å². The fourth-order valence-corrected chi connectivity index (χ4v) is 1.49. The van der Waals surface area contributed by atoms with E-state index in [0.717, 1.165) is 0 Å². The maximum absolute atomic E-state index is 11.8. The molecular formula is C12H14N4O3. The minimum Gasteiger partial charge on any atom is -0.394 e. The average molecular weight is 262 g/mol. The normalized spacial score (nSPS) is 10.7. The first-order chi connectivity index (χ1) is 9.24. The summed E-state index contributed by atoms with van der Waals surface area (Å²) in [5.74, 6) is 0.257. The molecule has 0 atom stereocenters. The third-order valence-electron chi connectivity index (χ3n) is 2.55. The van der Waals surface area contributed by atoms with Crippen LogP contribution in [0.15, 0.2) is 37.1 Å². The van der Waals surface area contributed by atoms with Crippen LogP contribution in [0.2, 0.25) is 0 Å². The number of amides is 1. The molecule has 0 saturated carbocycles. The molecule has 0 saturated heterocycles. The summed E-state index contributed by atoms with van der Waals surface area (Å²) >= 11 is 0. The number of carbonyl (C=O) groups excluding carboxylic acids is 1. The molecular weight excluding hydrogens is 248 g/mol. The van der Waals surface area contributed by atoms with E-state index in [-0.39, 0.29) is 13.2 Å². The summed E-state index contributed by atoms with van der Waals surface area (Å²) in [5, 5.41) is 20.3. The fraction of sp³-hybridized carbons (Fsp3) is 0.250. The molecule has 19 heavy (non-hydrogen) atoms. The van der Waals surface area contributed by atoms with E-state index in [2.05, 4.69) is 15.3 Å². The second-order valence-electron chi connectivity index (χ2n) is 3.91. The van der Waals surface area contributed by atoms with Crippen molar-refractivity contribution in [2.24, 2.45) is 0 Å². The molecule has 0 aliphatic heterocycles. The van der Waals surface area contributed by atoms with Gasteiger partial charge in [-0.1, -0.05) is 0 Å². The van der Waals surface area contributed by atoms with Crippen molar-refractivity contribution in [3.8, 4) is 5.82 Å². The molecule has 100 valence electrons. The Morgan fingerprint density at radius 3 is 2.68 bits per heavy atom. The standard InChI is InChI=1S/C12H14N4O3/c17-6-10(7-18)15-12(19)9-1-2-11(14-5-9)16-4-3-13-8-16/h1-5,8,10,17-18H,6-7H2,(H,15,19). The molecule has 2 heterocycles. The average Bonchev–Trinajstić information content (AvgIpc) is 2.99. The first kappa shape index (κ1) is 13.2. The number of rotatable bonds is 5. The molecule has 3 N–H and O–H groups in total. The Morgan fingerprint density at radius 1 is 1.37 bits per heavy atom. The number of pyridine rings is 1. The highest BCUT2D eigenvalue weighted by atomic mass is 16.3. The lowest BCUT2D eigenvalue weighted by molar-refractivity contribution is 0.0879. The topological polar surface area (TPSA) is 100 Å². The van der Waals surface area contributed by atoms with Crippen molar-refractivity contribution in [2.45, 2.75) is 6.04 Å². The van der Waals surface area contributed by atoms with Gasteiger partial charge in [0.25, 0.3) is 5.91 Å². The first-order valence-corrected chi connectivity index (χ1v) is 5.71. The number of carbonyl (C=O) groups is 1. The van der Waals surface area contributed by atoms with Crippen molar-refractivity contribution in [1.29, 1.82) is 0 Å². The Morgan fingerprint density at radius 2 is 2.16 bits per heavy atom. The van der Waals surface area contributed by atoms with Crippen LogP contribution in [0.25, 0.3) is 5.82 Å². The Kier molecular flexibility index (Phi) is 4.22. The molecule has 2 aromatic rings. The summed E-state index contributed by atoms with van der Waals surface area (Å²) in [6.45, 7) is -0.633. The van der Waals surface area contributed by atoms with Crippen LogP contribution in [-0.2, 0) is 0 Å². The van der Waals surface area contributed by atoms with E-state index in [9.17, 15) is 4.79 Å². The molecule has 0 fully saturated rings. The SMILES string of the molecule is O=C(NC(CO)CO)c1ccc(-n2ccnc2)nc1. The largest absolute Gasteiger partial charge is 0.394 e. The second kappa shape index (κ2) is 6.07. The van der Waals surface area contributed by atoms with Gasteiger partial charge in [0.05, 0.1) is 24.8 Å². The van der Waals surface area contributed by atoms with Crippen LogP contribution in [0.3, 0.4) is 0 Å².